The summed E-state index contributed by atoms with van der Waals surface area (Å²) in [5.74, 6) is -0.107. The highest BCUT2D eigenvalue weighted by molar-refractivity contribution is 5.81. The average molecular weight is 344 g/mol. The van der Waals surface area contributed by atoms with Crippen molar-refractivity contribution in [2.24, 2.45) is 0 Å². The third kappa shape index (κ3) is 3.24. The molecule has 1 amide bonds. The van der Waals surface area contributed by atoms with Crippen LogP contribution < -0.4 is 5.56 Å². The van der Waals surface area contributed by atoms with Gasteiger partial charge in [-0.05, 0) is 39.2 Å². The van der Waals surface area contributed by atoms with Crippen molar-refractivity contribution >= 4 is 22.5 Å². The molecule has 1 aromatic heterocycles. The Morgan fingerprint density at radius 3 is 2.64 bits per heavy atom. The number of piperidine rings is 1. The average Bonchev–Trinajstić information content (AvgIpc) is 2.57. The Hall–Kier alpha value is -2.77. The maximum atomic E-state index is 12.7. The Bertz CT molecular complexity index is 882. The Kier molecular flexibility index (Phi) is 4.52. The second kappa shape index (κ2) is 6.62. The highest BCUT2D eigenvalue weighted by Gasteiger charge is 2.29. The van der Waals surface area contributed by atoms with E-state index in [0.29, 0.717) is 0 Å². The fourth-order valence-corrected chi connectivity index (χ4v) is 3.51. The van der Waals surface area contributed by atoms with Crippen molar-refractivity contribution in [3.8, 4) is 0 Å². The highest BCUT2D eigenvalue weighted by Crippen LogP contribution is 2.23. The summed E-state index contributed by atoms with van der Waals surface area (Å²) in [5, 5.41) is 11.1. The summed E-state index contributed by atoms with van der Waals surface area (Å²) in [7, 11) is 0. The quantitative estimate of drug-likeness (QED) is 0.627. The fraction of sp³-hybridized carbons (Fsp3) is 0.471. The van der Waals surface area contributed by atoms with Crippen LogP contribution >= 0.6 is 0 Å². The van der Waals surface area contributed by atoms with Crippen LogP contribution in [0.1, 0.15) is 33.1 Å². The van der Waals surface area contributed by atoms with E-state index in [1.165, 1.54) is 29.1 Å². The summed E-state index contributed by atoms with van der Waals surface area (Å²) in [5.41, 5.74) is -0.239. The van der Waals surface area contributed by atoms with Crippen molar-refractivity contribution in [2.45, 2.75) is 51.7 Å². The van der Waals surface area contributed by atoms with Crippen LogP contribution in [0.2, 0.25) is 0 Å². The molecule has 1 aliphatic rings. The number of non-ortho nitro benzene ring substituents is 1. The van der Waals surface area contributed by atoms with Crippen molar-refractivity contribution < 1.29 is 9.72 Å². The number of hydrogen-bond donors (Lipinski definition) is 0. The second-order valence-corrected chi connectivity index (χ2v) is 6.57. The van der Waals surface area contributed by atoms with Gasteiger partial charge >= 0.3 is 0 Å². The molecule has 0 radical (unpaired) electrons. The van der Waals surface area contributed by atoms with Gasteiger partial charge in [0.25, 0.3) is 11.2 Å². The maximum Gasteiger partial charge on any atom is 0.271 e. The van der Waals surface area contributed by atoms with E-state index in [-0.39, 0.29) is 46.7 Å². The van der Waals surface area contributed by atoms with E-state index >= 15 is 0 Å². The molecule has 8 heteroatoms. The van der Waals surface area contributed by atoms with E-state index in [9.17, 15) is 19.7 Å². The molecule has 2 atom stereocenters. The van der Waals surface area contributed by atoms with Crippen LogP contribution in [0.25, 0.3) is 10.9 Å². The summed E-state index contributed by atoms with van der Waals surface area (Å²) in [6, 6.07) is 4.23. The minimum Gasteiger partial charge on any atom is -0.336 e. The molecule has 132 valence electrons. The first-order valence-corrected chi connectivity index (χ1v) is 8.33. The van der Waals surface area contributed by atoms with E-state index in [0.717, 1.165) is 19.3 Å². The fourth-order valence-electron chi connectivity index (χ4n) is 3.51. The molecule has 1 saturated heterocycles. The summed E-state index contributed by atoms with van der Waals surface area (Å²) in [4.78, 5) is 41.5. The van der Waals surface area contributed by atoms with E-state index in [2.05, 4.69) is 4.98 Å². The molecular weight excluding hydrogens is 324 g/mol. The van der Waals surface area contributed by atoms with Crippen LogP contribution in [0, 0.1) is 10.1 Å². The summed E-state index contributed by atoms with van der Waals surface area (Å²) >= 11 is 0. The van der Waals surface area contributed by atoms with Gasteiger partial charge in [-0.2, -0.15) is 0 Å². The number of rotatable bonds is 3. The number of likely N-dealkylation sites (tertiary alicyclic amines) is 1. The number of carbonyl (C=O) groups excluding carboxylic acids is 1. The standard InChI is InChI=1S/C17H20N4O4/c1-11-4-3-5-12(2)20(11)16(22)9-19-10-18-15-8-13(21(24)25)6-7-14(15)17(19)23/h6-8,10-12H,3-5,9H2,1-2H3/t11-,12-/m1/s1. The van der Waals surface area contributed by atoms with Gasteiger partial charge in [-0.25, -0.2) is 4.98 Å². The SMILES string of the molecule is C[C@@H]1CCC[C@@H](C)N1C(=O)Cn1cnc2cc([N+](=O)[O-])ccc2c1=O. The smallest absolute Gasteiger partial charge is 0.271 e. The summed E-state index contributed by atoms with van der Waals surface area (Å²) < 4.78 is 1.27. The third-order valence-corrected chi connectivity index (χ3v) is 4.81. The molecule has 0 N–H and O–H groups in total. The van der Waals surface area contributed by atoms with Crippen molar-refractivity contribution in [3.05, 3.63) is 45.0 Å². The monoisotopic (exact) mass is 344 g/mol. The first kappa shape index (κ1) is 17.1. The van der Waals surface area contributed by atoms with Gasteiger partial charge in [0.1, 0.15) is 6.54 Å². The first-order valence-electron chi connectivity index (χ1n) is 8.33. The Labute approximate surface area is 144 Å². The molecule has 2 heterocycles. The normalized spacial score (nSPS) is 20.6. The molecule has 1 aliphatic heterocycles. The second-order valence-electron chi connectivity index (χ2n) is 6.57. The molecule has 2 aromatic rings. The van der Waals surface area contributed by atoms with Gasteiger partial charge in [0.2, 0.25) is 5.91 Å². The van der Waals surface area contributed by atoms with Gasteiger partial charge in [-0.1, -0.05) is 0 Å². The zero-order chi connectivity index (χ0) is 18.1. The Morgan fingerprint density at radius 1 is 1.32 bits per heavy atom. The van der Waals surface area contributed by atoms with Gasteiger partial charge in [0.15, 0.2) is 0 Å². The minimum absolute atomic E-state index is 0.0760. The lowest BCUT2D eigenvalue weighted by Gasteiger charge is -2.39. The predicted molar refractivity (Wildman–Crippen MR) is 92.3 cm³/mol. The molecule has 0 saturated carbocycles. The van der Waals surface area contributed by atoms with Crippen LogP contribution in [-0.2, 0) is 11.3 Å². The Balaban J connectivity index is 1.90. The summed E-state index contributed by atoms with van der Waals surface area (Å²) in [6.07, 6.45) is 4.31. The molecule has 0 spiro atoms. The lowest BCUT2D eigenvalue weighted by atomic mass is 9.97. The van der Waals surface area contributed by atoms with E-state index in [4.69, 9.17) is 0 Å². The number of carbonyl (C=O) groups is 1. The van der Waals surface area contributed by atoms with Crippen LogP contribution in [0.4, 0.5) is 5.69 Å². The van der Waals surface area contributed by atoms with Crippen molar-refractivity contribution in [1.82, 2.24) is 14.5 Å². The van der Waals surface area contributed by atoms with E-state index < -0.39 is 4.92 Å². The van der Waals surface area contributed by atoms with Crippen LogP contribution in [0.5, 0.6) is 0 Å². The van der Waals surface area contributed by atoms with E-state index in [1.807, 2.05) is 18.7 Å². The van der Waals surface area contributed by atoms with E-state index in [1.54, 1.807) is 0 Å². The molecule has 8 nitrogen and oxygen atoms in total. The first-order chi connectivity index (χ1) is 11.9. The maximum absolute atomic E-state index is 12.7. The van der Waals surface area contributed by atoms with Crippen LogP contribution in [0.15, 0.2) is 29.3 Å². The van der Waals surface area contributed by atoms with Gasteiger partial charge in [-0.15, -0.1) is 0 Å². The number of nitrogens with zero attached hydrogens (tertiary/aromatic N) is 4. The molecular formula is C17H20N4O4. The molecule has 25 heavy (non-hydrogen) atoms. The van der Waals surface area contributed by atoms with Gasteiger partial charge < -0.3 is 4.90 Å². The molecule has 0 unspecified atom stereocenters. The third-order valence-electron chi connectivity index (χ3n) is 4.81. The predicted octanol–water partition coefficient (Wildman–Crippen LogP) is 2.09. The molecule has 1 aromatic carbocycles. The zero-order valence-electron chi connectivity index (χ0n) is 14.2. The van der Waals surface area contributed by atoms with Crippen molar-refractivity contribution in [1.29, 1.82) is 0 Å². The number of aromatic nitrogens is 2. The van der Waals surface area contributed by atoms with Crippen LogP contribution in [0.3, 0.4) is 0 Å². The largest absolute Gasteiger partial charge is 0.336 e. The number of nitro groups is 1. The molecule has 0 aliphatic carbocycles. The topological polar surface area (TPSA) is 98.3 Å². The lowest BCUT2D eigenvalue weighted by Crippen LogP contribution is -2.49. The number of amides is 1. The van der Waals surface area contributed by atoms with Crippen molar-refractivity contribution in [2.75, 3.05) is 0 Å². The van der Waals surface area contributed by atoms with Gasteiger partial charge in [-0.3, -0.25) is 24.3 Å². The highest BCUT2D eigenvalue weighted by atomic mass is 16.6. The number of fused-ring (bicyclic) bond motifs is 1. The van der Waals surface area contributed by atoms with Gasteiger partial charge in [0.05, 0.1) is 22.2 Å². The van der Waals surface area contributed by atoms with Crippen LogP contribution in [-0.4, -0.2) is 37.4 Å². The number of hydrogen-bond acceptors (Lipinski definition) is 5. The number of benzene rings is 1. The summed E-state index contributed by atoms with van der Waals surface area (Å²) in [6.45, 7) is 3.97. The lowest BCUT2D eigenvalue weighted by molar-refractivity contribution is -0.384. The zero-order valence-corrected chi connectivity index (χ0v) is 14.2. The Morgan fingerprint density at radius 2 is 2.00 bits per heavy atom. The minimum atomic E-state index is -0.532. The molecule has 1 fully saturated rings. The molecule has 0 bridgehead atoms. The van der Waals surface area contributed by atoms with Crippen molar-refractivity contribution in [3.63, 3.8) is 0 Å². The molecule has 3 rings (SSSR count). The van der Waals surface area contributed by atoms with Gasteiger partial charge in [0, 0.05) is 24.2 Å². The number of nitro benzene ring substituents is 1.